The number of amides is 1. The Labute approximate surface area is 161 Å². The van der Waals surface area contributed by atoms with Gasteiger partial charge in [-0.15, -0.1) is 0 Å². The van der Waals surface area contributed by atoms with Crippen molar-refractivity contribution in [2.75, 3.05) is 11.5 Å². The maximum absolute atomic E-state index is 13.2. The molecule has 8 heteroatoms. The van der Waals surface area contributed by atoms with Crippen molar-refractivity contribution in [2.24, 2.45) is 4.99 Å². The molecule has 27 heavy (non-hydrogen) atoms. The van der Waals surface area contributed by atoms with Crippen LogP contribution in [0.4, 0.5) is 4.39 Å². The molecular weight excluding hydrogens is 387 g/mol. The van der Waals surface area contributed by atoms with Crippen molar-refractivity contribution < 1.29 is 17.6 Å². The van der Waals surface area contributed by atoms with Crippen LogP contribution in [0.3, 0.4) is 0 Å². The van der Waals surface area contributed by atoms with Crippen LogP contribution < -0.4 is 0 Å². The fourth-order valence-corrected chi connectivity index (χ4v) is 7.29. The standard InChI is InChI=1S/C19H17FN2O3S2/c20-15-8-6-13(7-9-15)10-22-16-11-27(24,25)12-17(16)26-19(22)21-18(23)14-4-2-1-3-5-14/h1-9,16-17H,10-12H2/t16-,17-/m0/s1. The molecule has 0 radical (unpaired) electrons. The smallest absolute Gasteiger partial charge is 0.279 e. The minimum atomic E-state index is -3.10. The van der Waals surface area contributed by atoms with Crippen LogP contribution in [0.2, 0.25) is 0 Å². The zero-order valence-corrected chi connectivity index (χ0v) is 15.9. The van der Waals surface area contributed by atoms with Crippen molar-refractivity contribution in [1.82, 2.24) is 4.90 Å². The number of hydrogen-bond donors (Lipinski definition) is 0. The Morgan fingerprint density at radius 3 is 2.52 bits per heavy atom. The van der Waals surface area contributed by atoms with Gasteiger partial charge in [0.1, 0.15) is 5.82 Å². The molecule has 0 aromatic heterocycles. The molecule has 2 aliphatic heterocycles. The zero-order chi connectivity index (χ0) is 19.0. The number of fused-ring (bicyclic) bond motifs is 1. The number of amidine groups is 1. The topological polar surface area (TPSA) is 66.8 Å². The van der Waals surface area contributed by atoms with Crippen LogP contribution in [-0.2, 0) is 16.4 Å². The Balaban J connectivity index is 1.64. The van der Waals surface area contributed by atoms with E-state index in [0.29, 0.717) is 17.3 Å². The van der Waals surface area contributed by atoms with Crippen molar-refractivity contribution in [1.29, 1.82) is 0 Å². The highest BCUT2D eigenvalue weighted by molar-refractivity contribution is 8.15. The Bertz CT molecular complexity index is 991. The summed E-state index contributed by atoms with van der Waals surface area (Å²) in [6.07, 6.45) is 0. The molecule has 0 spiro atoms. The van der Waals surface area contributed by atoms with E-state index in [2.05, 4.69) is 4.99 Å². The molecule has 0 bridgehead atoms. The summed E-state index contributed by atoms with van der Waals surface area (Å²) in [6, 6.07) is 14.6. The summed E-state index contributed by atoms with van der Waals surface area (Å²) in [4.78, 5) is 18.6. The second kappa shape index (κ2) is 7.09. The molecule has 0 aliphatic carbocycles. The largest absolute Gasteiger partial charge is 0.342 e. The molecule has 2 aromatic carbocycles. The maximum Gasteiger partial charge on any atom is 0.279 e. The number of aliphatic imine (C=N–C) groups is 1. The lowest BCUT2D eigenvalue weighted by Gasteiger charge is -2.24. The van der Waals surface area contributed by atoms with Crippen LogP contribution >= 0.6 is 11.8 Å². The maximum atomic E-state index is 13.2. The predicted molar refractivity (Wildman–Crippen MR) is 104 cm³/mol. The van der Waals surface area contributed by atoms with E-state index in [0.717, 1.165) is 5.56 Å². The highest BCUT2D eigenvalue weighted by Gasteiger charge is 2.48. The number of thioether (sulfide) groups is 1. The lowest BCUT2D eigenvalue weighted by molar-refractivity contribution is 0.100. The van der Waals surface area contributed by atoms with Gasteiger partial charge >= 0.3 is 0 Å². The van der Waals surface area contributed by atoms with Gasteiger partial charge in [0.15, 0.2) is 15.0 Å². The summed E-state index contributed by atoms with van der Waals surface area (Å²) in [6.45, 7) is 0.380. The fourth-order valence-electron chi connectivity index (χ4n) is 3.34. The number of carbonyl (C=O) groups excluding carboxylic acids is 1. The minimum Gasteiger partial charge on any atom is -0.342 e. The summed E-state index contributed by atoms with van der Waals surface area (Å²) in [5, 5.41) is 0.385. The first-order valence-electron chi connectivity index (χ1n) is 8.47. The van der Waals surface area contributed by atoms with E-state index in [1.165, 1.54) is 23.9 Å². The molecule has 2 saturated heterocycles. The second-order valence-corrected chi connectivity index (χ2v) is 9.98. The molecule has 4 rings (SSSR count). The molecule has 2 heterocycles. The lowest BCUT2D eigenvalue weighted by atomic mass is 10.1. The summed E-state index contributed by atoms with van der Waals surface area (Å²) in [7, 11) is -3.10. The molecule has 1 amide bonds. The average molecular weight is 404 g/mol. The van der Waals surface area contributed by atoms with Crippen LogP contribution in [0, 0.1) is 5.82 Å². The van der Waals surface area contributed by atoms with Gasteiger partial charge in [-0.1, -0.05) is 42.1 Å². The van der Waals surface area contributed by atoms with Crippen LogP contribution in [-0.4, -0.2) is 47.2 Å². The second-order valence-electron chi connectivity index (χ2n) is 6.62. The Morgan fingerprint density at radius 2 is 1.81 bits per heavy atom. The molecule has 0 N–H and O–H groups in total. The van der Waals surface area contributed by atoms with Gasteiger partial charge < -0.3 is 4.90 Å². The van der Waals surface area contributed by atoms with E-state index in [1.807, 2.05) is 11.0 Å². The van der Waals surface area contributed by atoms with Crippen LogP contribution in [0.25, 0.3) is 0 Å². The van der Waals surface area contributed by atoms with E-state index in [9.17, 15) is 17.6 Å². The molecule has 2 aliphatic rings. The highest BCUT2D eigenvalue weighted by Crippen LogP contribution is 2.39. The quantitative estimate of drug-likeness (QED) is 0.787. The predicted octanol–water partition coefficient (Wildman–Crippen LogP) is 2.74. The van der Waals surface area contributed by atoms with Gasteiger partial charge in [-0.3, -0.25) is 4.79 Å². The number of nitrogens with zero attached hydrogens (tertiary/aromatic N) is 2. The van der Waals surface area contributed by atoms with Crippen molar-refractivity contribution in [3.05, 3.63) is 71.5 Å². The van der Waals surface area contributed by atoms with Crippen LogP contribution in [0.15, 0.2) is 59.6 Å². The fraction of sp³-hybridized carbons (Fsp3) is 0.263. The zero-order valence-electron chi connectivity index (χ0n) is 14.3. The van der Waals surface area contributed by atoms with Crippen LogP contribution in [0.1, 0.15) is 15.9 Å². The molecule has 2 fully saturated rings. The monoisotopic (exact) mass is 404 g/mol. The molecule has 2 atom stereocenters. The Kier molecular flexibility index (Phi) is 4.77. The van der Waals surface area contributed by atoms with Crippen molar-refractivity contribution >= 4 is 32.7 Å². The molecule has 0 saturated carbocycles. The average Bonchev–Trinajstić information content (AvgIpc) is 3.10. The highest BCUT2D eigenvalue weighted by atomic mass is 32.2. The minimum absolute atomic E-state index is 0.0460. The number of sulfone groups is 1. The first-order chi connectivity index (χ1) is 12.9. The molecule has 0 unspecified atom stereocenters. The van der Waals surface area contributed by atoms with Gasteiger partial charge in [-0.25, -0.2) is 12.8 Å². The van der Waals surface area contributed by atoms with E-state index < -0.39 is 9.84 Å². The summed E-state index contributed by atoms with van der Waals surface area (Å²) >= 11 is 1.34. The van der Waals surface area contributed by atoms with Gasteiger partial charge in [-0.05, 0) is 29.8 Å². The number of rotatable bonds is 3. The molecule has 2 aromatic rings. The lowest BCUT2D eigenvalue weighted by Crippen LogP contribution is -2.37. The number of hydrogen-bond acceptors (Lipinski definition) is 4. The van der Waals surface area contributed by atoms with Gasteiger partial charge in [0.05, 0.1) is 17.5 Å². The van der Waals surface area contributed by atoms with E-state index in [-0.39, 0.29) is 34.5 Å². The normalized spacial score (nSPS) is 24.9. The first-order valence-corrected chi connectivity index (χ1v) is 11.2. The number of benzene rings is 2. The summed E-state index contributed by atoms with van der Waals surface area (Å²) < 4.78 is 37.3. The molecular formula is C19H17FN2O3S2. The number of halogens is 1. The summed E-state index contributed by atoms with van der Waals surface area (Å²) in [5.41, 5.74) is 1.32. The molecule has 5 nitrogen and oxygen atoms in total. The van der Waals surface area contributed by atoms with Gasteiger partial charge in [0.25, 0.3) is 5.91 Å². The van der Waals surface area contributed by atoms with Crippen molar-refractivity contribution in [3.8, 4) is 0 Å². The van der Waals surface area contributed by atoms with E-state index in [4.69, 9.17) is 0 Å². The third-order valence-electron chi connectivity index (χ3n) is 4.66. The Morgan fingerprint density at radius 1 is 1.11 bits per heavy atom. The van der Waals surface area contributed by atoms with Gasteiger partial charge in [0.2, 0.25) is 0 Å². The third kappa shape index (κ3) is 3.91. The summed E-state index contributed by atoms with van der Waals surface area (Å²) in [5.74, 6) is -0.556. The van der Waals surface area contributed by atoms with Gasteiger partial charge in [-0.2, -0.15) is 4.99 Å². The van der Waals surface area contributed by atoms with Crippen molar-refractivity contribution in [2.45, 2.75) is 17.8 Å². The van der Waals surface area contributed by atoms with Crippen molar-refractivity contribution in [3.63, 3.8) is 0 Å². The SMILES string of the molecule is O=C(N=C1S[C@H]2CS(=O)(=O)C[C@@H]2N1Cc1ccc(F)cc1)c1ccccc1. The molecule has 140 valence electrons. The first kappa shape index (κ1) is 18.2. The van der Waals surface area contributed by atoms with E-state index >= 15 is 0 Å². The van der Waals surface area contributed by atoms with Gasteiger partial charge in [0, 0.05) is 17.4 Å². The van der Waals surface area contributed by atoms with Crippen LogP contribution in [0.5, 0.6) is 0 Å². The van der Waals surface area contributed by atoms with E-state index in [1.54, 1.807) is 36.4 Å². The number of carbonyl (C=O) groups is 1. The Hall–Kier alpha value is -2.19. The third-order valence-corrected chi connectivity index (χ3v) is 7.91.